The minimum atomic E-state index is -0.896. The van der Waals surface area contributed by atoms with Crippen molar-refractivity contribution < 1.29 is 14.4 Å². The van der Waals surface area contributed by atoms with Crippen LogP contribution in [0.25, 0.3) is 22.2 Å². The third-order valence-electron chi connectivity index (χ3n) is 7.67. The van der Waals surface area contributed by atoms with Crippen LogP contribution in [0.2, 0.25) is 0 Å². The standard InChI is InChI=1S/C33H27BrN4O3/c1-20(31(39)35-36-32(40)22-16-18-23(34)19-17-22)38-30(24-12-6-7-13-25(24)33(38)41)28-26-14-8-9-15-27(26)37(2)29(28)21-10-4-3-5-11-21/h3-20,30H,1-2H3,(H,35,39)(H,36,40). The molecule has 0 bridgehead atoms. The number of carbonyl (C=O) groups is 3. The summed E-state index contributed by atoms with van der Waals surface area (Å²) in [5.74, 6) is -1.19. The smallest absolute Gasteiger partial charge is 0.269 e. The zero-order valence-electron chi connectivity index (χ0n) is 22.5. The van der Waals surface area contributed by atoms with Crippen molar-refractivity contribution in [3.63, 3.8) is 0 Å². The fourth-order valence-corrected chi connectivity index (χ4v) is 5.96. The Hall–Kier alpha value is -4.69. The maximum atomic E-state index is 14.0. The van der Waals surface area contributed by atoms with Gasteiger partial charge >= 0.3 is 0 Å². The van der Waals surface area contributed by atoms with E-state index in [1.807, 2.05) is 55.6 Å². The van der Waals surface area contributed by atoms with Gasteiger partial charge in [-0.05, 0) is 54.4 Å². The summed E-state index contributed by atoms with van der Waals surface area (Å²) in [6.45, 7) is 1.69. The van der Waals surface area contributed by atoms with Crippen molar-refractivity contribution in [3.05, 3.63) is 130 Å². The largest absolute Gasteiger partial charge is 0.343 e. The lowest BCUT2D eigenvalue weighted by molar-refractivity contribution is -0.126. The molecule has 4 aromatic carbocycles. The minimum absolute atomic E-state index is 0.237. The first-order chi connectivity index (χ1) is 19.9. The first kappa shape index (κ1) is 26.5. The summed E-state index contributed by atoms with van der Waals surface area (Å²) < 4.78 is 2.99. The van der Waals surface area contributed by atoms with E-state index < -0.39 is 23.9 Å². The summed E-state index contributed by atoms with van der Waals surface area (Å²) >= 11 is 3.35. The Labute approximate surface area is 245 Å². The van der Waals surface area contributed by atoms with Crippen LogP contribution in [-0.4, -0.2) is 33.2 Å². The van der Waals surface area contributed by atoms with Gasteiger partial charge in [-0.25, -0.2) is 0 Å². The van der Waals surface area contributed by atoms with Crippen LogP contribution < -0.4 is 10.9 Å². The van der Waals surface area contributed by atoms with Gasteiger partial charge in [-0.3, -0.25) is 25.2 Å². The van der Waals surface area contributed by atoms with Crippen molar-refractivity contribution in [1.29, 1.82) is 0 Å². The van der Waals surface area contributed by atoms with Gasteiger partial charge in [0.25, 0.3) is 17.7 Å². The molecule has 204 valence electrons. The molecule has 1 aliphatic heterocycles. The van der Waals surface area contributed by atoms with Gasteiger partial charge in [0.2, 0.25) is 0 Å². The summed E-state index contributed by atoms with van der Waals surface area (Å²) in [5.41, 5.74) is 10.8. The van der Waals surface area contributed by atoms with Crippen LogP contribution in [0.1, 0.15) is 44.8 Å². The van der Waals surface area contributed by atoms with Crippen LogP contribution in [0.5, 0.6) is 0 Å². The van der Waals surface area contributed by atoms with E-state index in [4.69, 9.17) is 0 Å². The fourth-order valence-electron chi connectivity index (χ4n) is 5.70. The maximum Gasteiger partial charge on any atom is 0.269 e. The van der Waals surface area contributed by atoms with Crippen LogP contribution >= 0.6 is 15.9 Å². The van der Waals surface area contributed by atoms with Crippen LogP contribution in [0, 0.1) is 0 Å². The fraction of sp³-hybridized carbons (Fsp3) is 0.121. The maximum absolute atomic E-state index is 14.0. The SMILES string of the molecule is CC(C(=O)NNC(=O)c1ccc(Br)cc1)N1C(=O)c2ccccc2C1c1c(-c2ccccc2)n(C)c2ccccc12. The number of aryl methyl sites for hydroxylation is 1. The average Bonchev–Trinajstić information content (AvgIpc) is 3.46. The van der Waals surface area contributed by atoms with Crippen LogP contribution in [0.15, 0.2) is 108 Å². The lowest BCUT2D eigenvalue weighted by Crippen LogP contribution is -2.52. The number of nitrogens with one attached hydrogen (secondary N) is 2. The van der Waals surface area contributed by atoms with E-state index in [-0.39, 0.29) is 5.91 Å². The molecular weight excluding hydrogens is 580 g/mol. The molecule has 0 aliphatic carbocycles. The third-order valence-corrected chi connectivity index (χ3v) is 8.20. The molecule has 0 fully saturated rings. The van der Waals surface area contributed by atoms with E-state index in [2.05, 4.69) is 55.6 Å². The molecule has 5 aromatic rings. The molecule has 2 unspecified atom stereocenters. The van der Waals surface area contributed by atoms with E-state index in [9.17, 15) is 14.4 Å². The molecule has 1 aliphatic rings. The molecule has 6 rings (SSSR count). The van der Waals surface area contributed by atoms with Gasteiger partial charge < -0.3 is 9.47 Å². The monoisotopic (exact) mass is 606 g/mol. The van der Waals surface area contributed by atoms with Crippen molar-refractivity contribution in [2.75, 3.05) is 0 Å². The Morgan fingerprint density at radius 1 is 0.829 bits per heavy atom. The predicted octanol–water partition coefficient (Wildman–Crippen LogP) is 6.00. The Bertz CT molecular complexity index is 1800. The average molecular weight is 608 g/mol. The van der Waals surface area contributed by atoms with Gasteiger partial charge in [-0.15, -0.1) is 0 Å². The molecule has 7 nitrogen and oxygen atoms in total. The third kappa shape index (κ3) is 4.60. The molecule has 0 spiro atoms. The highest BCUT2D eigenvalue weighted by atomic mass is 79.9. The number of carbonyl (C=O) groups excluding carboxylic acids is 3. The molecule has 0 radical (unpaired) electrons. The summed E-state index contributed by atoms with van der Waals surface area (Å²) in [4.78, 5) is 41.7. The molecule has 8 heteroatoms. The molecule has 3 amide bonds. The second kappa shape index (κ2) is 10.7. The highest BCUT2D eigenvalue weighted by Gasteiger charge is 2.44. The zero-order chi connectivity index (χ0) is 28.7. The topological polar surface area (TPSA) is 83.4 Å². The zero-order valence-corrected chi connectivity index (χ0v) is 24.1. The second-order valence-corrected chi connectivity index (χ2v) is 10.9. The Morgan fingerprint density at radius 2 is 1.49 bits per heavy atom. The van der Waals surface area contributed by atoms with Gasteiger partial charge in [-0.1, -0.05) is 82.7 Å². The summed E-state index contributed by atoms with van der Waals surface area (Å²) in [7, 11) is 2.02. The number of para-hydroxylation sites is 1. The molecule has 41 heavy (non-hydrogen) atoms. The molecule has 0 saturated carbocycles. The number of halogens is 1. The number of rotatable bonds is 5. The predicted molar refractivity (Wildman–Crippen MR) is 162 cm³/mol. The molecule has 0 saturated heterocycles. The van der Waals surface area contributed by atoms with E-state index in [0.29, 0.717) is 11.1 Å². The second-order valence-electron chi connectivity index (χ2n) is 10.0. The van der Waals surface area contributed by atoms with Crippen molar-refractivity contribution in [1.82, 2.24) is 20.3 Å². The summed E-state index contributed by atoms with van der Waals surface area (Å²) in [6.07, 6.45) is 0. The lowest BCUT2D eigenvalue weighted by Gasteiger charge is -2.31. The Kier molecular flexibility index (Phi) is 6.93. The molecule has 1 aromatic heterocycles. The summed E-state index contributed by atoms with van der Waals surface area (Å²) in [6, 6.07) is 31.1. The number of fused-ring (bicyclic) bond motifs is 2. The number of hydrazine groups is 1. The van der Waals surface area contributed by atoms with E-state index in [0.717, 1.165) is 37.8 Å². The lowest BCUT2D eigenvalue weighted by atomic mass is 9.92. The number of aromatic nitrogens is 1. The van der Waals surface area contributed by atoms with Gasteiger partial charge in [0.1, 0.15) is 6.04 Å². The Balaban J connectivity index is 1.42. The molecule has 2 atom stereocenters. The number of amides is 3. The van der Waals surface area contributed by atoms with Crippen molar-refractivity contribution in [2.24, 2.45) is 7.05 Å². The summed E-state index contributed by atoms with van der Waals surface area (Å²) in [5, 5.41) is 1.00. The quantitative estimate of drug-likeness (QED) is 0.241. The number of hydrogen-bond acceptors (Lipinski definition) is 3. The van der Waals surface area contributed by atoms with Crippen LogP contribution in [-0.2, 0) is 11.8 Å². The van der Waals surface area contributed by atoms with Crippen molar-refractivity contribution >= 4 is 44.6 Å². The molecular formula is C33H27BrN4O3. The van der Waals surface area contributed by atoms with Crippen molar-refractivity contribution in [2.45, 2.75) is 19.0 Å². The normalized spacial score (nSPS) is 15.0. The number of hydrogen-bond donors (Lipinski definition) is 2. The molecule has 2 heterocycles. The van der Waals surface area contributed by atoms with Gasteiger partial charge in [0.05, 0.1) is 11.7 Å². The van der Waals surface area contributed by atoms with E-state index in [1.54, 1.807) is 42.2 Å². The van der Waals surface area contributed by atoms with Gasteiger partial charge in [0.15, 0.2) is 0 Å². The van der Waals surface area contributed by atoms with Crippen LogP contribution in [0.3, 0.4) is 0 Å². The highest BCUT2D eigenvalue weighted by molar-refractivity contribution is 9.10. The highest BCUT2D eigenvalue weighted by Crippen LogP contribution is 2.47. The van der Waals surface area contributed by atoms with E-state index >= 15 is 0 Å². The first-order valence-corrected chi connectivity index (χ1v) is 14.1. The number of nitrogens with zero attached hydrogens (tertiary/aromatic N) is 2. The first-order valence-electron chi connectivity index (χ1n) is 13.3. The Morgan fingerprint density at radius 3 is 2.24 bits per heavy atom. The minimum Gasteiger partial charge on any atom is -0.343 e. The van der Waals surface area contributed by atoms with Crippen molar-refractivity contribution in [3.8, 4) is 11.3 Å². The van der Waals surface area contributed by atoms with Gasteiger partial charge in [-0.2, -0.15) is 0 Å². The van der Waals surface area contributed by atoms with E-state index in [1.165, 1.54) is 0 Å². The molecule has 2 N–H and O–H groups in total. The van der Waals surface area contributed by atoms with Crippen LogP contribution in [0.4, 0.5) is 0 Å². The van der Waals surface area contributed by atoms with Gasteiger partial charge in [0, 0.05) is 39.1 Å². The number of benzene rings is 4.